The van der Waals surface area contributed by atoms with Crippen LogP contribution in [0.3, 0.4) is 0 Å². The Hall–Kier alpha value is -3.86. The van der Waals surface area contributed by atoms with Gasteiger partial charge in [-0.3, -0.25) is 9.78 Å². The number of aliphatic hydroxyl groups is 1. The van der Waals surface area contributed by atoms with Gasteiger partial charge in [-0.05, 0) is 54.5 Å². The third kappa shape index (κ3) is 7.35. The van der Waals surface area contributed by atoms with Crippen molar-refractivity contribution in [3.8, 4) is 11.3 Å². The molecule has 6 rings (SSSR count). The maximum atomic E-state index is 11.7. The Morgan fingerprint density at radius 2 is 1.47 bits per heavy atom. The molecule has 2 heterocycles. The van der Waals surface area contributed by atoms with Crippen LogP contribution in [0, 0.1) is 17.9 Å². The normalized spacial score (nSPS) is 11.9. The summed E-state index contributed by atoms with van der Waals surface area (Å²) >= 11 is 0. The van der Waals surface area contributed by atoms with Crippen molar-refractivity contribution in [3.05, 3.63) is 96.5 Å². The second kappa shape index (κ2) is 15.8. The van der Waals surface area contributed by atoms with E-state index in [2.05, 4.69) is 103 Å². The minimum absolute atomic E-state index is 0. The molecule has 6 aromatic rings. The van der Waals surface area contributed by atoms with E-state index >= 15 is 0 Å². The van der Waals surface area contributed by atoms with Gasteiger partial charge in [0.25, 0.3) is 0 Å². The fraction of sp³-hybridized carbons (Fsp3) is 0.341. The molecule has 0 unspecified atom stereocenters. The molecule has 5 nitrogen and oxygen atoms in total. The number of fused-ring (bicyclic) bond motifs is 5. The monoisotopic (exact) mass is 805 g/mol. The molecule has 6 heteroatoms. The summed E-state index contributed by atoms with van der Waals surface area (Å²) in [5.41, 5.74) is 5.40. The predicted octanol–water partition coefficient (Wildman–Crippen LogP) is 10.9. The summed E-state index contributed by atoms with van der Waals surface area (Å²) in [6.07, 6.45) is 6.58. The van der Waals surface area contributed by atoms with Crippen molar-refractivity contribution in [2.75, 3.05) is 0 Å². The number of carbonyl (C=O) groups is 1. The van der Waals surface area contributed by atoms with Gasteiger partial charge in [-0.15, -0.1) is 29.1 Å². The van der Waals surface area contributed by atoms with Gasteiger partial charge in [-0.2, -0.15) is 0 Å². The number of nitrogens with zero attached hydrogens (tertiary/aromatic N) is 3. The van der Waals surface area contributed by atoms with Crippen molar-refractivity contribution in [2.45, 2.75) is 73.1 Å². The Labute approximate surface area is 292 Å². The Morgan fingerprint density at radius 3 is 2.11 bits per heavy atom. The zero-order valence-corrected chi connectivity index (χ0v) is 31.0. The first-order valence-corrected chi connectivity index (χ1v) is 16.7. The number of allylic oxidation sites excluding steroid dienone is 2. The molecule has 0 spiro atoms. The van der Waals surface area contributed by atoms with Crippen LogP contribution in [0.5, 0.6) is 0 Å². The molecule has 247 valence electrons. The number of rotatable bonds is 9. The number of hydrogen-bond acceptors (Lipinski definition) is 4. The van der Waals surface area contributed by atoms with E-state index in [9.17, 15) is 9.90 Å². The standard InChI is InChI=1S/C28H22N3.C13H24O2.Ir/c1-17(2)23-14-21(12-20-10-6-7-11-22(20)23)27-26-24-13-18-8-4-5-9-19(18)15-25(24)31(3)28(26)30-16-29-27;1-5-10(6-2)12(14)9-13(15)11(7-3)8-4;/h4-11,13-17H,1-3H3;9-11,14H,5-8H2,1-4H3;/q-1;;/b;12-9-;. The molecule has 0 atom stereocenters. The minimum Gasteiger partial charge on any atom is -0.512 e. The van der Waals surface area contributed by atoms with E-state index in [4.69, 9.17) is 4.98 Å². The summed E-state index contributed by atoms with van der Waals surface area (Å²) in [5.74, 6) is 0.957. The summed E-state index contributed by atoms with van der Waals surface area (Å²) in [6.45, 7) is 12.6. The van der Waals surface area contributed by atoms with Gasteiger partial charge in [-0.1, -0.05) is 95.0 Å². The molecule has 0 saturated carbocycles. The second-order valence-corrected chi connectivity index (χ2v) is 12.5. The van der Waals surface area contributed by atoms with Crippen molar-refractivity contribution >= 4 is 49.3 Å². The van der Waals surface area contributed by atoms with Gasteiger partial charge < -0.3 is 9.67 Å². The van der Waals surface area contributed by atoms with Crippen molar-refractivity contribution in [3.63, 3.8) is 0 Å². The molecule has 0 fully saturated rings. The van der Waals surface area contributed by atoms with E-state index in [0.29, 0.717) is 5.92 Å². The molecular weight excluding hydrogens is 759 g/mol. The summed E-state index contributed by atoms with van der Waals surface area (Å²) in [7, 11) is 2.08. The fourth-order valence-corrected chi connectivity index (χ4v) is 6.55. The van der Waals surface area contributed by atoms with Crippen LogP contribution in [0.25, 0.3) is 54.7 Å². The number of aromatic nitrogens is 3. The summed E-state index contributed by atoms with van der Waals surface area (Å²) < 4.78 is 2.17. The number of benzene rings is 4. The smallest absolute Gasteiger partial charge is 0.162 e. The van der Waals surface area contributed by atoms with Crippen LogP contribution in [-0.4, -0.2) is 25.4 Å². The number of carbonyl (C=O) groups excluding carboxylic acids is 1. The van der Waals surface area contributed by atoms with Crippen LogP contribution < -0.4 is 0 Å². The van der Waals surface area contributed by atoms with Crippen LogP contribution in [0.4, 0.5) is 0 Å². The average Bonchev–Trinajstić information content (AvgIpc) is 3.35. The largest absolute Gasteiger partial charge is 0.512 e. The molecule has 2 aromatic heterocycles. The molecule has 1 radical (unpaired) electrons. The SMILES string of the molecule is CC(C)c1cc(-c2ncnc3c2c2cc4ccccc4cc2n3C)[c-]c2ccccc12.CCC(CC)C(=O)/C=C(\O)C(CC)CC.[Ir]. The van der Waals surface area contributed by atoms with Gasteiger partial charge in [0.1, 0.15) is 12.0 Å². The zero-order chi connectivity index (χ0) is 33.0. The topological polar surface area (TPSA) is 68.0 Å². The van der Waals surface area contributed by atoms with Gasteiger partial charge >= 0.3 is 0 Å². The summed E-state index contributed by atoms with van der Waals surface area (Å²) in [6, 6.07) is 27.4. The van der Waals surface area contributed by atoms with Gasteiger partial charge in [0.15, 0.2) is 5.78 Å². The molecule has 47 heavy (non-hydrogen) atoms. The minimum atomic E-state index is 0. The number of ketones is 1. The van der Waals surface area contributed by atoms with Crippen LogP contribution in [-0.2, 0) is 31.9 Å². The van der Waals surface area contributed by atoms with E-state index < -0.39 is 0 Å². The van der Waals surface area contributed by atoms with Crippen LogP contribution >= 0.6 is 0 Å². The Morgan fingerprint density at radius 1 is 0.851 bits per heavy atom. The Balaban J connectivity index is 0.000000269. The molecular formula is C41H46IrN3O2-. The van der Waals surface area contributed by atoms with E-state index in [-0.39, 0.29) is 43.5 Å². The van der Waals surface area contributed by atoms with Gasteiger partial charge in [0.05, 0.1) is 11.3 Å². The quantitative estimate of drug-likeness (QED) is 0.0898. The molecule has 0 aliphatic rings. The molecule has 0 aliphatic heterocycles. The van der Waals surface area contributed by atoms with Crippen LogP contribution in [0.2, 0.25) is 0 Å². The van der Waals surface area contributed by atoms with E-state index in [1.165, 1.54) is 38.7 Å². The third-order valence-electron chi connectivity index (χ3n) is 9.41. The number of aliphatic hydroxyl groups excluding tert-OH is 1. The molecule has 0 amide bonds. The maximum Gasteiger partial charge on any atom is 0.162 e. The second-order valence-electron chi connectivity index (χ2n) is 12.5. The van der Waals surface area contributed by atoms with Crippen molar-refractivity contribution in [1.29, 1.82) is 0 Å². The molecule has 4 aromatic carbocycles. The third-order valence-corrected chi connectivity index (χ3v) is 9.41. The number of hydrogen-bond donors (Lipinski definition) is 1. The van der Waals surface area contributed by atoms with E-state index in [1.807, 2.05) is 27.7 Å². The van der Waals surface area contributed by atoms with Crippen LogP contribution in [0.15, 0.2) is 84.9 Å². The maximum absolute atomic E-state index is 11.7. The summed E-state index contributed by atoms with van der Waals surface area (Å²) in [4.78, 5) is 21.1. The molecule has 0 aliphatic carbocycles. The van der Waals surface area contributed by atoms with Crippen LogP contribution in [0.1, 0.15) is 78.7 Å². The zero-order valence-electron chi connectivity index (χ0n) is 28.6. The van der Waals surface area contributed by atoms with E-state index in [1.54, 1.807) is 6.33 Å². The molecule has 0 saturated heterocycles. The van der Waals surface area contributed by atoms with Crippen molar-refractivity contribution in [2.24, 2.45) is 18.9 Å². The van der Waals surface area contributed by atoms with Gasteiger partial charge in [0, 0.05) is 61.5 Å². The van der Waals surface area contributed by atoms with Gasteiger partial charge in [0.2, 0.25) is 0 Å². The first-order chi connectivity index (χ1) is 22.2. The van der Waals surface area contributed by atoms with Gasteiger partial charge in [-0.25, -0.2) is 4.98 Å². The van der Waals surface area contributed by atoms with Crippen molar-refractivity contribution in [1.82, 2.24) is 14.5 Å². The number of aryl methyl sites for hydroxylation is 1. The Bertz CT molecular complexity index is 2030. The van der Waals surface area contributed by atoms with E-state index in [0.717, 1.165) is 53.4 Å². The predicted molar refractivity (Wildman–Crippen MR) is 193 cm³/mol. The first-order valence-electron chi connectivity index (χ1n) is 16.7. The fourth-order valence-electron chi connectivity index (χ4n) is 6.55. The first kappa shape index (κ1) is 36.0. The molecule has 1 N–H and O–H groups in total. The van der Waals surface area contributed by atoms with Crippen molar-refractivity contribution < 1.29 is 30.0 Å². The summed E-state index contributed by atoms with van der Waals surface area (Å²) in [5, 5.41) is 16.9. The Kier molecular flexibility index (Phi) is 12.1. The average molecular weight is 805 g/mol. The molecule has 0 bridgehead atoms.